The number of nitrogens with two attached hydrogens (primary N) is 1. The van der Waals surface area contributed by atoms with Crippen LogP contribution >= 0.6 is 11.3 Å². The van der Waals surface area contributed by atoms with Crippen LogP contribution in [0.1, 0.15) is 23.3 Å². The fourth-order valence-corrected chi connectivity index (χ4v) is 3.34. The van der Waals surface area contributed by atoms with Gasteiger partial charge >= 0.3 is 0 Å². The van der Waals surface area contributed by atoms with Crippen LogP contribution in [0.25, 0.3) is 11.3 Å². The van der Waals surface area contributed by atoms with Gasteiger partial charge in [0.05, 0.1) is 5.69 Å². The first-order chi connectivity index (χ1) is 7.34. The zero-order valence-electron chi connectivity index (χ0n) is 8.42. The molecule has 15 heavy (non-hydrogen) atoms. The lowest BCUT2D eigenvalue weighted by atomic mass is 9.95. The standard InChI is InChI=1S/C11H13N3S/c12-11-5-9(13-14-11)8-6-15-10-4-2-1-3-7(8)10/h5-6H,1-4H2,(H3,12,13,14). The van der Waals surface area contributed by atoms with E-state index in [9.17, 15) is 0 Å². The molecule has 0 atom stereocenters. The van der Waals surface area contributed by atoms with E-state index in [2.05, 4.69) is 15.6 Å². The Kier molecular flexibility index (Phi) is 2.02. The number of nitrogen functional groups attached to an aromatic ring is 1. The monoisotopic (exact) mass is 219 g/mol. The molecular formula is C11H13N3S. The van der Waals surface area contributed by atoms with Gasteiger partial charge in [0.15, 0.2) is 0 Å². The second kappa shape index (κ2) is 3.38. The quantitative estimate of drug-likeness (QED) is 0.774. The van der Waals surface area contributed by atoms with E-state index >= 15 is 0 Å². The number of aromatic amines is 1. The summed E-state index contributed by atoms with van der Waals surface area (Å²) in [7, 11) is 0. The van der Waals surface area contributed by atoms with E-state index in [4.69, 9.17) is 5.73 Å². The van der Waals surface area contributed by atoms with Gasteiger partial charge in [0.25, 0.3) is 0 Å². The number of aromatic nitrogens is 2. The summed E-state index contributed by atoms with van der Waals surface area (Å²) in [5, 5.41) is 9.19. The Balaban J connectivity index is 2.08. The van der Waals surface area contributed by atoms with E-state index in [1.54, 1.807) is 4.88 Å². The molecule has 0 bridgehead atoms. The molecule has 1 aliphatic rings. The molecule has 78 valence electrons. The summed E-state index contributed by atoms with van der Waals surface area (Å²) in [6.07, 6.45) is 5.08. The molecule has 0 radical (unpaired) electrons. The Bertz CT molecular complexity index is 484. The first kappa shape index (κ1) is 8.97. The molecule has 0 saturated carbocycles. The fourth-order valence-electron chi connectivity index (χ4n) is 2.19. The predicted molar refractivity (Wildman–Crippen MR) is 63.0 cm³/mol. The van der Waals surface area contributed by atoms with Crippen molar-refractivity contribution in [3.05, 3.63) is 21.9 Å². The van der Waals surface area contributed by atoms with Crippen LogP contribution in [0, 0.1) is 0 Å². The smallest absolute Gasteiger partial charge is 0.145 e. The van der Waals surface area contributed by atoms with E-state index in [0.717, 1.165) is 5.69 Å². The molecule has 4 heteroatoms. The van der Waals surface area contributed by atoms with Crippen LogP contribution in [-0.4, -0.2) is 10.2 Å². The zero-order chi connectivity index (χ0) is 10.3. The van der Waals surface area contributed by atoms with E-state index < -0.39 is 0 Å². The molecule has 0 aromatic carbocycles. The SMILES string of the molecule is Nc1cc(-c2csc3c2CCCC3)[nH]n1. The first-order valence-electron chi connectivity index (χ1n) is 5.25. The number of hydrogen-bond donors (Lipinski definition) is 2. The number of H-pyrrole nitrogens is 1. The van der Waals surface area contributed by atoms with E-state index in [0.29, 0.717) is 5.82 Å². The Labute approximate surface area is 92.3 Å². The van der Waals surface area contributed by atoms with Gasteiger partial charge in [-0.25, -0.2) is 0 Å². The maximum atomic E-state index is 5.62. The third-order valence-electron chi connectivity index (χ3n) is 2.95. The lowest BCUT2D eigenvalue weighted by molar-refractivity contribution is 0.698. The molecule has 0 amide bonds. The minimum atomic E-state index is 0.570. The van der Waals surface area contributed by atoms with Crippen molar-refractivity contribution in [2.24, 2.45) is 0 Å². The normalized spacial score (nSPS) is 15.2. The van der Waals surface area contributed by atoms with Gasteiger partial charge in [0.1, 0.15) is 5.82 Å². The van der Waals surface area contributed by atoms with Crippen LogP contribution < -0.4 is 5.73 Å². The molecule has 3 nitrogen and oxygen atoms in total. The Hall–Kier alpha value is -1.29. The molecule has 2 aromatic heterocycles. The highest BCUT2D eigenvalue weighted by molar-refractivity contribution is 7.10. The lowest BCUT2D eigenvalue weighted by Crippen LogP contribution is -1.99. The second-order valence-corrected chi connectivity index (χ2v) is 4.93. The van der Waals surface area contributed by atoms with Crippen LogP contribution in [0.5, 0.6) is 0 Å². The number of anilines is 1. The average Bonchev–Trinajstić information content (AvgIpc) is 2.83. The van der Waals surface area contributed by atoms with Crippen molar-refractivity contribution in [1.82, 2.24) is 10.2 Å². The Morgan fingerprint density at radius 2 is 2.20 bits per heavy atom. The van der Waals surface area contributed by atoms with Crippen molar-refractivity contribution in [2.75, 3.05) is 5.73 Å². The maximum absolute atomic E-state index is 5.62. The number of hydrogen-bond acceptors (Lipinski definition) is 3. The van der Waals surface area contributed by atoms with E-state index in [1.165, 1.54) is 36.8 Å². The molecule has 0 aliphatic heterocycles. The van der Waals surface area contributed by atoms with Crippen molar-refractivity contribution >= 4 is 17.2 Å². The molecule has 3 rings (SSSR count). The number of aryl methyl sites for hydroxylation is 1. The minimum Gasteiger partial charge on any atom is -0.382 e. The van der Waals surface area contributed by atoms with Crippen molar-refractivity contribution in [3.8, 4) is 11.3 Å². The summed E-state index contributed by atoms with van der Waals surface area (Å²) in [6.45, 7) is 0. The van der Waals surface area contributed by atoms with Crippen LogP contribution in [0.4, 0.5) is 5.82 Å². The zero-order valence-corrected chi connectivity index (χ0v) is 9.23. The first-order valence-corrected chi connectivity index (χ1v) is 6.13. The number of nitrogens with zero attached hydrogens (tertiary/aromatic N) is 1. The fraction of sp³-hybridized carbons (Fsp3) is 0.364. The molecule has 0 unspecified atom stereocenters. The minimum absolute atomic E-state index is 0.570. The summed E-state index contributed by atoms with van der Waals surface area (Å²) in [4.78, 5) is 1.55. The topological polar surface area (TPSA) is 54.7 Å². The van der Waals surface area contributed by atoms with Crippen molar-refractivity contribution in [3.63, 3.8) is 0 Å². The summed E-state index contributed by atoms with van der Waals surface area (Å²) in [5.41, 5.74) is 9.50. The summed E-state index contributed by atoms with van der Waals surface area (Å²) < 4.78 is 0. The number of fused-ring (bicyclic) bond motifs is 1. The summed E-state index contributed by atoms with van der Waals surface area (Å²) >= 11 is 1.87. The molecule has 2 aromatic rings. The second-order valence-electron chi connectivity index (χ2n) is 3.96. The highest BCUT2D eigenvalue weighted by Gasteiger charge is 2.17. The van der Waals surface area contributed by atoms with E-state index in [1.807, 2.05) is 17.4 Å². The highest BCUT2D eigenvalue weighted by atomic mass is 32.1. The van der Waals surface area contributed by atoms with Gasteiger partial charge in [-0.1, -0.05) is 0 Å². The predicted octanol–water partition coefficient (Wildman–Crippen LogP) is 2.60. The Morgan fingerprint density at radius 1 is 1.33 bits per heavy atom. The number of thiophene rings is 1. The average molecular weight is 219 g/mol. The third-order valence-corrected chi connectivity index (χ3v) is 4.04. The van der Waals surface area contributed by atoms with Crippen molar-refractivity contribution < 1.29 is 0 Å². The third kappa shape index (κ3) is 1.45. The van der Waals surface area contributed by atoms with Gasteiger partial charge in [-0.05, 0) is 31.2 Å². The maximum Gasteiger partial charge on any atom is 0.145 e. The van der Waals surface area contributed by atoms with Gasteiger partial charge in [-0.3, -0.25) is 5.10 Å². The van der Waals surface area contributed by atoms with Gasteiger partial charge in [0, 0.05) is 21.9 Å². The van der Waals surface area contributed by atoms with Gasteiger partial charge in [-0.15, -0.1) is 11.3 Å². The van der Waals surface area contributed by atoms with Crippen LogP contribution in [0.3, 0.4) is 0 Å². The van der Waals surface area contributed by atoms with Gasteiger partial charge in [0.2, 0.25) is 0 Å². The van der Waals surface area contributed by atoms with Crippen LogP contribution in [0.2, 0.25) is 0 Å². The molecule has 0 spiro atoms. The molecular weight excluding hydrogens is 206 g/mol. The largest absolute Gasteiger partial charge is 0.382 e. The van der Waals surface area contributed by atoms with Gasteiger partial charge < -0.3 is 5.73 Å². The molecule has 0 saturated heterocycles. The van der Waals surface area contributed by atoms with Crippen molar-refractivity contribution in [2.45, 2.75) is 25.7 Å². The molecule has 0 fully saturated rings. The molecule has 2 heterocycles. The molecule has 3 N–H and O–H groups in total. The summed E-state index contributed by atoms with van der Waals surface area (Å²) in [5.74, 6) is 0.570. The van der Waals surface area contributed by atoms with Crippen molar-refractivity contribution in [1.29, 1.82) is 0 Å². The van der Waals surface area contributed by atoms with Crippen LogP contribution in [-0.2, 0) is 12.8 Å². The number of rotatable bonds is 1. The van der Waals surface area contributed by atoms with Crippen LogP contribution in [0.15, 0.2) is 11.4 Å². The highest BCUT2D eigenvalue weighted by Crippen LogP contribution is 2.35. The number of nitrogens with one attached hydrogen (secondary N) is 1. The summed E-state index contributed by atoms with van der Waals surface area (Å²) in [6, 6.07) is 1.91. The van der Waals surface area contributed by atoms with Gasteiger partial charge in [-0.2, -0.15) is 5.10 Å². The molecule has 1 aliphatic carbocycles. The lowest BCUT2D eigenvalue weighted by Gasteiger charge is -2.11. The Morgan fingerprint density at radius 3 is 3.00 bits per heavy atom. The van der Waals surface area contributed by atoms with E-state index in [-0.39, 0.29) is 0 Å².